The number of hydrogen-bond donors (Lipinski definition) is 1. The Hall–Kier alpha value is -1.80. The first-order valence-corrected chi connectivity index (χ1v) is 6.57. The quantitative estimate of drug-likeness (QED) is 0.869. The van der Waals surface area contributed by atoms with Crippen molar-refractivity contribution < 1.29 is 9.84 Å². The molecule has 100 valence electrons. The topological polar surface area (TPSA) is 29.5 Å². The van der Waals surface area contributed by atoms with Gasteiger partial charge in [0.1, 0.15) is 11.5 Å². The molecular formula is C17H20O2. The van der Waals surface area contributed by atoms with Crippen LogP contribution in [0, 0.1) is 0 Å². The van der Waals surface area contributed by atoms with Crippen LogP contribution in [-0.2, 0) is 6.42 Å². The third-order valence-corrected chi connectivity index (χ3v) is 2.93. The maximum absolute atomic E-state index is 9.70. The molecule has 2 aromatic carbocycles. The van der Waals surface area contributed by atoms with Crippen LogP contribution >= 0.6 is 0 Å². The Kier molecular flexibility index (Phi) is 4.23. The van der Waals surface area contributed by atoms with Crippen LogP contribution in [0.15, 0.2) is 54.6 Å². The van der Waals surface area contributed by atoms with Gasteiger partial charge in [-0.1, -0.05) is 30.3 Å². The summed E-state index contributed by atoms with van der Waals surface area (Å²) in [6.45, 7) is 3.67. The van der Waals surface area contributed by atoms with Gasteiger partial charge in [-0.3, -0.25) is 0 Å². The molecular weight excluding hydrogens is 236 g/mol. The molecule has 0 aliphatic carbocycles. The van der Waals surface area contributed by atoms with E-state index in [0.29, 0.717) is 0 Å². The SMILES string of the molecule is CC(C)(O)CCc1ccc(Oc2ccccc2)cc1. The van der Waals surface area contributed by atoms with Crippen molar-refractivity contribution in [2.45, 2.75) is 32.3 Å². The molecule has 0 bridgehead atoms. The van der Waals surface area contributed by atoms with Gasteiger partial charge in [0.2, 0.25) is 0 Å². The van der Waals surface area contributed by atoms with Crippen LogP contribution in [0.2, 0.25) is 0 Å². The first-order valence-electron chi connectivity index (χ1n) is 6.57. The lowest BCUT2D eigenvalue weighted by atomic mass is 9.99. The van der Waals surface area contributed by atoms with Crippen molar-refractivity contribution in [2.75, 3.05) is 0 Å². The summed E-state index contributed by atoms with van der Waals surface area (Å²) in [5.74, 6) is 1.67. The van der Waals surface area contributed by atoms with Crippen LogP contribution < -0.4 is 4.74 Å². The molecule has 2 rings (SSSR count). The number of benzene rings is 2. The minimum Gasteiger partial charge on any atom is -0.457 e. The van der Waals surface area contributed by atoms with Crippen molar-refractivity contribution in [1.82, 2.24) is 0 Å². The third kappa shape index (κ3) is 4.76. The maximum atomic E-state index is 9.70. The molecule has 0 saturated heterocycles. The largest absolute Gasteiger partial charge is 0.457 e. The lowest BCUT2D eigenvalue weighted by Crippen LogP contribution is -2.19. The predicted molar refractivity (Wildman–Crippen MR) is 77.6 cm³/mol. The van der Waals surface area contributed by atoms with E-state index in [1.807, 2.05) is 68.4 Å². The van der Waals surface area contributed by atoms with Crippen molar-refractivity contribution in [3.8, 4) is 11.5 Å². The summed E-state index contributed by atoms with van der Waals surface area (Å²) in [6.07, 6.45) is 1.63. The molecule has 19 heavy (non-hydrogen) atoms. The fourth-order valence-electron chi connectivity index (χ4n) is 1.80. The molecule has 0 unspecified atom stereocenters. The number of para-hydroxylation sites is 1. The average Bonchev–Trinajstić information content (AvgIpc) is 2.38. The molecule has 2 aromatic rings. The van der Waals surface area contributed by atoms with Crippen LogP contribution in [0.5, 0.6) is 11.5 Å². The number of aliphatic hydroxyl groups is 1. The Balaban J connectivity index is 1.95. The smallest absolute Gasteiger partial charge is 0.127 e. The van der Waals surface area contributed by atoms with E-state index in [-0.39, 0.29) is 0 Å². The molecule has 0 amide bonds. The monoisotopic (exact) mass is 256 g/mol. The van der Waals surface area contributed by atoms with Gasteiger partial charge in [0.15, 0.2) is 0 Å². The maximum Gasteiger partial charge on any atom is 0.127 e. The molecule has 2 nitrogen and oxygen atoms in total. The lowest BCUT2D eigenvalue weighted by molar-refractivity contribution is 0.0714. The summed E-state index contributed by atoms with van der Waals surface area (Å²) in [6, 6.07) is 17.8. The molecule has 0 aliphatic heterocycles. The highest BCUT2D eigenvalue weighted by atomic mass is 16.5. The van der Waals surface area contributed by atoms with Gasteiger partial charge in [-0.05, 0) is 56.5 Å². The van der Waals surface area contributed by atoms with E-state index in [0.717, 1.165) is 24.3 Å². The highest BCUT2D eigenvalue weighted by Crippen LogP contribution is 2.22. The second-order valence-electron chi connectivity index (χ2n) is 5.37. The normalized spacial score (nSPS) is 11.3. The van der Waals surface area contributed by atoms with Crippen LogP contribution in [0.1, 0.15) is 25.8 Å². The molecule has 0 aliphatic rings. The Morgan fingerprint density at radius 3 is 2.05 bits per heavy atom. The summed E-state index contributed by atoms with van der Waals surface area (Å²) >= 11 is 0. The number of ether oxygens (including phenoxy) is 1. The number of aryl methyl sites for hydroxylation is 1. The Labute approximate surface area is 114 Å². The zero-order chi connectivity index (χ0) is 13.7. The Morgan fingerprint density at radius 1 is 0.895 bits per heavy atom. The van der Waals surface area contributed by atoms with Crippen molar-refractivity contribution in [3.05, 3.63) is 60.2 Å². The highest BCUT2D eigenvalue weighted by molar-refractivity contribution is 5.33. The van der Waals surface area contributed by atoms with Crippen molar-refractivity contribution in [3.63, 3.8) is 0 Å². The molecule has 0 heterocycles. The van der Waals surface area contributed by atoms with Gasteiger partial charge in [-0.2, -0.15) is 0 Å². The second-order valence-corrected chi connectivity index (χ2v) is 5.37. The summed E-state index contributed by atoms with van der Waals surface area (Å²) < 4.78 is 5.73. The summed E-state index contributed by atoms with van der Waals surface area (Å²) in [4.78, 5) is 0. The third-order valence-electron chi connectivity index (χ3n) is 2.93. The molecule has 0 saturated carbocycles. The minimum absolute atomic E-state index is 0.612. The average molecular weight is 256 g/mol. The van der Waals surface area contributed by atoms with Gasteiger partial charge in [0.05, 0.1) is 5.60 Å². The van der Waals surface area contributed by atoms with Crippen LogP contribution in [0.3, 0.4) is 0 Å². The van der Waals surface area contributed by atoms with Crippen molar-refractivity contribution >= 4 is 0 Å². The number of rotatable bonds is 5. The van der Waals surface area contributed by atoms with Crippen molar-refractivity contribution in [2.24, 2.45) is 0 Å². The summed E-state index contributed by atoms with van der Waals surface area (Å²) in [5, 5.41) is 9.70. The first-order chi connectivity index (χ1) is 9.03. The Morgan fingerprint density at radius 2 is 1.47 bits per heavy atom. The van der Waals surface area contributed by atoms with Gasteiger partial charge in [0.25, 0.3) is 0 Å². The molecule has 0 aromatic heterocycles. The minimum atomic E-state index is -0.612. The lowest BCUT2D eigenvalue weighted by Gasteiger charge is -2.16. The van der Waals surface area contributed by atoms with Gasteiger partial charge in [-0.25, -0.2) is 0 Å². The molecule has 0 fully saturated rings. The number of hydrogen-bond acceptors (Lipinski definition) is 2. The summed E-state index contributed by atoms with van der Waals surface area (Å²) in [5.41, 5.74) is 0.599. The molecule has 0 spiro atoms. The van der Waals surface area contributed by atoms with Gasteiger partial charge in [-0.15, -0.1) is 0 Å². The standard InChI is InChI=1S/C17H20O2/c1-17(2,18)13-12-14-8-10-16(11-9-14)19-15-6-4-3-5-7-15/h3-11,18H,12-13H2,1-2H3. The van der Waals surface area contributed by atoms with Gasteiger partial charge in [0, 0.05) is 0 Å². The zero-order valence-corrected chi connectivity index (χ0v) is 11.5. The van der Waals surface area contributed by atoms with E-state index in [1.54, 1.807) is 0 Å². The van der Waals surface area contributed by atoms with Crippen LogP contribution in [-0.4, -0.2) is 10.7 Å². The van der Waals surface area contributed by atoms with E-state index in [1.165, 1.54) is 5.56 Å². The predicted octanol–water partition coefficient (Wildman–Crippen LogP) is 4.18. The second kappa shape index (κ2) is 5.89. The van der Waals surface area contributed by atoms with Crippen molar-refractivity contribution in [1.29, 1.82) is 0 Å². The van der Waals surface area contributed by atoms with E-state index >= 15 is 0 Å². The highest BCUT2D eigenvalue weighted by Gasteiger charge is 2.11. The zero-order valence-electron chi connectivity index (χ0n) is 11.5. The van der Waals surface area contributed by atoms with Gasteiger partial charge < -0.3 is 9.84 Å². The Bertz CT molecular complexity index is 495. The fourth-order valence-corrected chi connectivity index (χ4v) is 1.80. The van der Waals surface area contributed by atoms with Crippen LogP contribution in [0.4, 0.5) is 0 Å². The molecule has 2 heteroatoms. The van der Waals surface area contributed by atoms with Crippen LogP contribution in [0.25, 0.3) is 0 Å². The molecule has 0 radical (unpaired) electrons. The molecule has 1 N–H and O–H groups in total. The van der Waals surface area contributed by atoms with E-state index in [4.69, 9.17) is 4.74 Å². The fraction of sp³-hybridized carbons (Fsp3) is 0.294. The van der Waals surface area contributed by atoms with Gasteiger partial charge >= 0.3 is 0 Å². The summed E-state index contributed by atoms with van der Waals surface area (Å²) in [7, 11) is 0. The van der Waals surface area contributed by atoms with E-state index in [2.05, 4.69) is 0 Å². The van der Waals surface area contributed by atoms with E-state index in [9.17, 15) is 5.11 Å². The first kappa shape index (κ1) is 13.6. The van der Waals surface area contributed by atoms with E-state index < -0.39 is 5.60 Å². The molecule has 0 atom stereocenters.